The zero-order chi connectivity index (χ0) is 36.3. The first-order valence-electron chi connectivity index (χ1n) is 17.3. The fraction of sp³-hybridized carbons (Fsp3) is 0.436. The normalized spacial score (nSPS) is 19.1. The third kappa shape index (κ3) is 8.99. The number of carbonyl (C=O) groups excluding carboxylic acids is 2. The highest BCUT2D eigenvalue weighted by atomic mass is 79.9. The lowest BCUT2D eigenvalue weighted by atomic mass is 9.82. The van der Waals surface area contributed by atoms with Gasteiger partial charge in [0.1, 0.15) is 24.7 Å². The number of benzene rings is 3. The van der Waals surface area contributed by atoms with E-state index in [0.29, 0.717) is 50.6 Å². The number of nitrogens with zero attached hydrogens (tertiary/aromatic N) is 2. The highest BCUT2D eigenvalue weighted by Crippen LogP contribution is 2.43. The SMILES string of the molecule is Cc1ccccc1CCN(C(=O)C1=C(c2ccc(OCCOc3ccc(Br)cc3)cc2)CC2CNCC1N2C(=O)OC(C)(C)C(Cl)(Cl)Cl)C1CC1. The summed E-state index contributed by atoms with van der Waals surface area (Å²) in [4.78, 5) is 32.6. The van der Waals surface area contributed by atoms with E-state index in [4.69, 9.17) is 49.0 Å². The summed E-state index contributed by atoms with van der Waals surface area (Å²) < 4.78 is 16.8. The number of rotatable bonds is 12. The van der Waals surface area contributed by atoms with Gasteiger partial charge in [-0.1, -0.05) is 87.1 Å². The Bertz CT molecular complexity index is 1740. The van der Waals surface area contributed by atoms with Crippen molar-refractivity contribution in [3.8, 4) is 11.5 Å². The average molecular weight is 820 g/mol. The van der Waals surface area contributed by atoms with Crippen LogP contribution in [0, 0.1) is 6.92 Å². The minimum Gasteiger partial charge on any atom is -0.490 e. The molecule has 3 aromatic rings. The zero-order valence-electron chi connectivity index (χ0n) is 29.0. The lowest BCUT2D eigenvalue weighted by Crippen LogP contribution is -2.64. The van der Waals surface area contributed by atoms with E-state index in [0.717, 1.165) is 40.6 Å². The highest BCUT2D eigenvalue weighted by molar-refractivity contribution is 9.10. The summed E-state index contributed by atoms with van der Waals surface area (Å²) in [6, 6.07) is 23.0. The van der Waals surface area contributed by atoms with E-state index in [1.165, 1.54) is 11.1 Å². The van der Waals surface area contributed by atoms with Crippen LogP contribution >= 0.6 is 50.7 Å². The van der Waals surface area contributed by atoms with Crippen LogP contribution in [0.25, 0.3) is 5.57 Å². The molecule has 2 aliphatic heterocycles. The predicted molar refractivity (Wildman–Crippen MR) is 206 cm³/mol. The second-order valence-corrected chi connectivity index (χ2v) is 17.0. The summed E-state index contributed by atoms with van der Waals surface area (Å²) in [5, 5.41) is 3.46. The molecule has 6 rings (SSSR count). The summed E-state index contributed by atoms with van der Waals surface area (Å²) in [7, 11) is 0. The molecule has 1 N–H and O–H groups in total. The number of hydrogen-bond acceptors (Lipinski definition) is 6. The number of ether oxygens (including phenoxy) is 3. The molecule has 2 fully saturated rings. The Labute approximate surface area is 323 Å². The average Bonchev–Trinajstić information content (AvgIpc) is 3.93. The van der Waals surface area contributed by atoms with Gasteiger partial charge in [0.2, 0.25) is 3.79 Å². The molecule has 1 saturated heterocycles. The maximum absolute atomic E-state index is 14.9. The molecule has 3 aliphatic rings. The van der Waals surface area contributed by atoms with Crippen LogP contribution in [0.15, 0.2) is 82.8 Å². The minimum absolute atomic E-state index is 0.0583. The molecule has 2 atom stereocenters. The van der Waals surface area contributed by atoms with Crippen molar-refractivity contribution in [2.75, 3.05) is 32.8 Å². The van der Waals surface area contributed by atoms with Crippen molar-refractivity contribution < 1.29 is 23.8 Å². The van der Waals surface area contributed by atoms with Crippen LogP contribution in [0.4, 0.5) is 4.79 Å². The number of halogens is 4. The molecular weight excluding hydrogens is 777 g/mol. The first kappa shape index (κ1) is 37.8. The van der Waals surface area contributed by atoms with E-state index in [9.17, 15) is 9.59 Å². The second kappa shape index (κ2) is 16.0. The molecule has 272 valence electrons. The third-order valence-corrected chi connectivity index (χ3v) is 11.7. The first-order chi connectivity index (χ1) is 24.3. The standard InChI is InChI=1S/C39H43BrCl3N3O5/c1-25-6-4-5-7-26(25)18-19-45(29-12-13-29)36(47)35-33(22-30-23-44-24-34(35)46(30)37(48)51-38(2,3)39(41,42)43)27-8-14-31(15-9-27)49-20-21-50-32-16-10-28(40)11-17-32/h4-11,14-17,29-30,34,44H,12-13,18-24H2,1-3H3. The Morgan fingerprint density at radius 3 is 2.16 bits per heavy atom. The molecule has 2 unspecified atom stereocenters. The molecule has 0 aromatic heterocycles. The van der Waals surface area contributed by atoms with Gasteiger partial charge in [-0.2, -0.15) is 0 Å². The van der Waals surface area contributed by atoms with Crippen molar-refractivity contribution in [1.29, 1.82) is 0 Å². The number of nitrogens with one attached hydrogen (secondary N) is 1. The number of carbonyl (C=O) groups is 2. The van der Waals surface area contributed by atoms with Crippen molar-refractivity contribution >= 4 is 68.3 Å². The van der Waals surface area contributed by atoms with E-state index in [-0.39, 0.29) is 18.0 Å². The summed E-state index contributed by atoms with van der Waals surface area (Å²) in [5.74, 6) is 1.41. The molecular formula is C39H43BrCl3N3O5. The summed E-state index contributed by atoms with van der Waals surface area (Å²) in [6.07, 6.45) is 2.48. The molecule has 1 saturated carbocycles. The van der Waals surface area contributed by atoms with Gasteiger partial charge in [0, 0.05) is 35.7 Å². The van der Waals surface area contributed by atoms with Crippen LogP contribution < -0.4 is 14.8 Å². The first-order valence-corrected chi connectivity index (χ1v) is 19.2. The maximum atomic E-state index is 14.9. The van der Waals surface area contributed by atoms with Crippen molar-refractivity contribution in [2.45, 2.75) is 74.0 Å². The maximum Gasteiger partial charge on any atom is 0.411 e. The molecule has 2 heterocycles. The van der Waals surface area contributed by atoms with E-state index in [1.54, 1.807) is 18.7 Å². The van der Waals surface area contributed by atoms with E-state index in [1.807, 2.05) is 65.6 Å². The number of piperazine rings is 1. The molecule has 1 aliphatic carbocycles. The van der Waals surface area contributed by atoms with Gasteiger partial charge in [-0.05, 0) is 105 Å². The second-order valence-electron chi connectivity index (χ2n) is 13.8. The lowest BCUT2D eigenvalue weighted by Gasteiger charge is -2.48. The van der Waals surface area contributed by atoms with E-state index >= 15 is 0 Å². The van der Waals surface area contributed by atoms with Crippen LogP contribution in [0.3, 0.4) is 0 Å². The summed E-state index contributed by atoms with van der Waals surface area (Å²) in [6.45, 7) is 7.50. The van der Waals surface area contributed by atoms with Gasteiger partial charge in [0.15, 0.2) is 5.60 Å². The van der Waals surface area contributed by atoms with Gasteiger partial charge >= 0.3 is 6.09 Å². The molecule has 0 spiro atoms. The van der Waals surface area contributed by atoms with Gasteiger partial charge in [0.05, 0.1) is 12.1 Å². The van der Waals surface area contributed by atoms with Crippen LogP contribution in [0.5, 0.6) is 11.5 Å². The molecule has 12 heteroatoms. The summed E-state index contributed by atoms with van der Waals surface area (Å²) in [5.41, 5.74) is 3.44. The zero-order valence-corrected chi connectivity index (χ0v) is 32.8. The Balaban J connectivity index is 1.28. The Hall–Kier alpha value is -2.95. The van der Waals surface area contributed by atoms with Gasteiger partial charge in [-0.3, -0.25) is 9.69 Å². The number of aryl methyl sites for hydroxylation is 1. The van der Waals surface area contributed by atoms with Crippen LogP contribution in [0.1, 0.15) is 49.8 Å². The van der Waals surface area contributed by atoms with Crippen LogP contribution in [-0.2, 0) is 16.0 Å². The molecule has 3 aromatic carbocycles. The van der Waals surface area contributed by atoms with Crippen molar-refractivity contribution in [1.82, 2.24) is 15.1 Å². The molecule has 0 radical (unpaired) electrons. The van der Waals surface area contributed by atoms with E-state index in [2.05, 4.69) is 40.3 Å². The Morgan fingerprint density at radius 1 is 0.922 bits per heavy atom. The number of hydrogen-bond donors (Lipinski definition) is 1. The van der Waals surface area contributed by atoms with Crippen LogP contribution in [0.2, 0.25) is 0 Å². The van der Waals surface area contributed by atoms with Crippen molar-refractivity contribution in [2.24, 2.45) is 0 Å². The van der Waals surface area contributed by atoms with Gasteiger partial charge < -0.3 is 24.4 Å². The Kier molecular flexibility index (Phi) is 11.8. The predicted octanol–water partition coefficient (Wildman–Crippen LogP) is 8.53. The van der Waals surface area contributed by atoms with E-state index < -0.39 is 21.5 Å². The van der Waals surface area contributed by atoms with Crippen LogP contribution in [-0.4, -0.2) is 82.2 Å². The third-order valence-electron chi connectivity index (χ3n) is 9.78. The van der Waals surface area contributed by atoms with Gasteiger partial charge in [-0.25, -0.2) is 4.79 Å². The Morgan fingerprint density at radius 2 is 1.55 bits per heavy atom. The van der Waals surface area contributed by atoms with Gasteiger partial charge in [-0.15, -0.1) is 0 Å². The van der Waals surface area contributed by atoms with Crippen molar-refractivity contribution in [3.63, 3.8) is 0 Å². The van der Waals surface area contributed by atoms with Gasteiger partial charge in [0.25, 0.3) is 5.91 Å². The highest BCUT2D eigenvalue weighted by Gasteiger charge is 2.50. The lowest BCUT2D eigenvalue weighted by molar-refractivity contribution is -0.128. The minimum atomic E-state index is -1.85. The number of fused-ring (bicyclic) bond motifs is 2. The fourth-order valence-corrected chi connectivity index (χ4v) is 7.05. The smallest absolute Gasteiger partial charge is 0.411 e. The molecule has 2 bridgehead atoms. The number of amides is 2. The molecule has 8 nitrogen and oxygen atoms in total. The topological polar surface area (TPSA) is 80.3 Å². The molecule has 51 heavy (non-hydrogen) atoms. The number of alkyl halides is 3. The molecule has 2 amide bonds. The quantitative estimate of drug-likeness (QED) is 0.146. The van der Waals surface area contributed by atoms with Crippen molar-refractivity contribution in [3.05, 3.63) is 99.5 Å². The fourth-order valence-electron chi connectivity index (χ4n) is 6.67. The monoisotopic (exact) mass is 817 g/mol. The summed E-state index contributed by atoms with van der Waals surface area (Å²) >= 11 is 22.1. The largest absolute Gasteiger partial charge is 0.490 e.